The summed E-state index contributed by atoms with van der Waals surface area (Å²) in [5, 5.41) is 7.77. The third-order valence-electron chi connectivity index (χ3n) is 10.4. The second-order valence-electron chi connectivity index (χ2n) is 14.2. The van der Waals surface area contributed by atoms with Crippen LogP contribution in [0.2, 0.25) is 0 Å². The molecule has 0 saturated heterocycles. The Bertz CT molecular complexity index is 2500. The molecule has 0 amide bonds. The fraction of sp³-hybridized carbons (Fsp3) is 0.143. The van der Waals surface area contributed by atoms with E-state index in [1.54, 1.807) is 0 Å². The summed E-state index contributed by atoms with van der Waals surface area (Å²) < 4.78 is 0. The first kappa shape index (κ1) is 30.8. The average Bonchev–Trinajstić information content (AvgIpc) is 3.08. The van der Waals surface area contributed by atoms with Crippen LogP contribution in [0.4, 0.5) is 0 Å². The summed E-state index contributed by atoms with van der Waals surface area (Å²) in [6, 6.07) is 48.3. The van der Waals surface area contributed by atoms with Gasteiger partial charge in [0.2, 0.25) is 0 Å². The van der Waals surface area contributed by atoms with Crippen LogP contribution in [0.5, 0.6) is 0 Å². The Morgan fingerprint density at radius 3 is 1.14 bits per heavy atom. The molecule has 8 aromatic rings. The summed E-state index contributed by atoms with van der Waals surface area (Å²) in [4.78, 5) is 0. The highest BCUT2D eigenvalue weighted by molar-refractivity contribution is 6.34. The second-order valence-corrected chi connectivity index (χ2v) is 14.2. The number of hydrogen-bond acceptors (Lipinski definition) is 0. The van der Waals surface area contributed by atoms with Gasteiger partial charge in [0, 0.05) is 0 Å². The van der Waals surface area contributed by atoms with Gasteiger partial charge >= 0.3 is 0 Å². The Morgan fingerprint density at radius 2 is 0.673 bits per heavy atom. The van der Waals surface area contributed by atoms with Crippen molar-refractivity contribution in [2.24, 2.45) is 0 Å². The van der Waals surface area contributed by atoms with Crippen molar-refractivity contribution in [1.82, 2.24) is 0 Å². The molecule has 49 heavy (non-hydrogen) atoms. The van der Waals surface area contributed by atoms with Crippen LogP contribution in [0.15, 0.2) is 127 Å². The van der Waals surface area contributed by atoms with Crippen LogP contribution >= 0.6 is 0 Å². The fourth-order valence-corrected chi connectivity index (χ4v) is 8.37. The van der Waals surface area contributed by atoms with Crippen molar-refractivity contribution in [2.45, 2.75) is 48.5 Å². The summed E-state index contributed by atoms with van der Waals surface area (Å²) in [6.07, 6.45) is 0. The van der Waals surface area contributed by atoms with E-state index >= 15 is 0 Å². The molecule has 0 fully saturated rings. The maximum absolute atomic E-state index is 2.36. The average molecular weight is 631 g/mol. The molecule has 0 spiro atoms. The molecule has 0 aliphatic heterocycles. The van der Waals surface area contributed by atoms with Gasteiger partial charge in [0.1, 0.15) is 0 Å². The van der Waals surface area contributed by atoms with Gasteiger partial charge in [-0.2, -0.15) is 0 Å². The molecule has 0 nitrogen and oxygen atoms in total. The molecule has 0 aliphatic rings. The Kier molecular flexibility index (Phi) is 7.49. The number of hydrogen-bond donors (Lipinski definition) is 0. The summed E-state index contributed by atoms with van der Waals surface area (Å²) in [5.41, 5.74) is 19.3. The summed E-state index contributed by atoms with van der Waals surface area (Å²) in [5.74, 6) is 0. The van der Waals surface area contributed by atoms with Gasteiger partial charge in [-0.15, -0.1) is 0 Å². The molecule has 0 saturated carbocycles. The van der Waals surface area contributed by atoms with Crippen LogP contribution < -0.4 is 0 Å². The molecule has 0 radical (unpaired) electrons. The number of fused-ring (bicyclic) bond motifs is 3. The van der Waals surface area contributed by atoms with Crippen LogP contribution in [-0.4, -0.2) is 0 Å². The predicted molar refractivity (Wildman–Crippen MR) is 214 cm³/mol. The highest BCUT2D eigenvalue weighted by atomic mass is 14.3. The summed E-state index contributed by atoms with van der Waals surface area (Å²) in [6.45, 7) is 15.6. The van der Waals surface area contributed by atoms with Crippen LogP contribution in [-0.2, 0) is 0 Å². The SMILES string of the molecule is Cc1ccc(-c2c3ccccc3c(-c3ccc(C)cc3C)c3c(-c4c(C)cc(C)cc4C)c4ccccc4c(-c4ccc(C)cc4)c23)cc1. The maximum Gasteiger partial charge on any atom is -0.000109 e. The van der Waals surface area contributed by atoms with E-state index < -0.39 is 0 Å². The molecule has 0 N–H and O–H groups in total. The molecule has 8 rings (SSSR count). The standard InChI is InChI=1S/C49H42/c1-29-16-21-36(22-17-29)44-39-12-8-10-14-41(39)46(38-25-20-31(3)26-33(38)5)49-47(43-34(6)27-32(4)28-35(43)7)42-15-11-9-13-40(42)45(48(44)49)37-23-18-30(2)19-24-37/h8-28H,1-7H3. The molecule has 0 heteroatoms. The zero-order chi connectivity index (χ0) is 34.0. The molecule has 238 valence electrons. The van der Waals surface area contributed by atoms with Gasteiger partial charge in [0.15, 0.2) is 0 Å². The Labute approximate surface area is 290 Å². The largest absolute Gasteiger partial charge is 0.0616 e. The van der Waals surface area contributed by atoms with Crippen LogP contribution in [0, 0.1) is 48.5 Å². The lowest BCUT2D eigenvalue weighted by molar-refractivity contribution is 1.33. The lowest BCUT2D eigenvalue weighted by atomic mass is 9.76. The van der Waals surface area contributed by atoms with Crippen molar-refractivity contribution in [1.29, 1.82) is 0 Å². The Hall–Kier alpha value is -5.46. The van der Waals surface area contributed by atoms with Crippen LogP contribution in [0.25, 0.3) is 76.8 Å². The normalized spacial score (nSPS) is 11.6. The van der Waals surface area contributed by atoms with E-state index in [1.807, 2.05) is 0 Å². The van der Waals surface area contributed by atoms with Crippen molar-refractivity contribution in [3.63, 3.8) is 0 Å². The van der Waals surface area contributed by atoms with E-state index in [-0.39, 0.29) is 0 Å². The first-order valence-electron chi connectivity index (χ1n) is 17.4. The van der Waals surface area contributed by atoms with Crippen LogP contribution in [0.3, 0.4) is 0 Å². The minimum Gasteiger partial charge on any atom is -0.0616 e. The minimum atomic E-state index is 1.24. The van der Waals surface area contributed by atoms with Crippen molar-refractivity contribution >= 4 is 32.3 Å². The van der Waals surface area contributed by atoms with Crippen molar-refractivity contribution in [3.05, 3.63) is 166 Å². The highest BCUT2D eigenvalue weighted by Crippen LogP contribution is 2.54. The smallest absolute Gasteiger partial charge is 0.000109 e. The highest BCUT2D eigenvalue weighted by Gasteiger charge is 2.27. The molecule has 8 aromatic carbocycles. The monoisotopic (exact) mass is 630 g/mol. The van der Waals surface area contributed by atoms with Gasteiger partial charge in [-0.05, 0) is 142 Å². The number of aryl methyl sites for hydroxylation is 7. The van der Waals surface area contributed by atoms with Gasteiger partial charge in [-0.3, -0.25) is 0 Å². The Morgan fingerprint density at radius 1 is 0.286 bits per heavy atom. The summed E-state index contributed by atoms with van der Waals surface area (Å²) >= 11 is 0. The van der Waals surface area contributed by atoms with Crippen molar-refractivity contribution in [3.8, 4) is 44.5 Å². The van der Waals surface area contributed by atoms with E-state index in [2.05, 4.69) is 176 Å². The van der Waals surface area contributed by atoms with Crippen molar-refractivity contribution in [2.75, 3.05) is 0 Å². The van der Waals surface area contributed by atoms with Crippen LogP contribution in [0.1, 0.15) is 38.9 Å². The van der Waals surface area contributed by atoms with Crippen molar-refractivity contribution < 1.29 is 0 Å². The first-order valence-corrected chi connectivity index (χ1v) is 17.4. The van der Waals surface area contributed by atoms with E-state index in [9.17, 15) is 0 Å². The lowest BCUT2D eigenvalue weighted by Gasteiger charge is -2.27. The zero-order valence-electron chi connectivity index (χ0n) is 29.6. The molecule has 0 aliphatic carbocycles. The Balaban J connectivity index is 1.78. The third kappa shape index (κ3) is 5.06. The van der Waals surface area contributed by atoms with Gasteiger partial charge in [0.25, 0.3) is 0 Å². The predicted octanol–water partition coefficient (Wildman–Crippen LogP) is 14.0. The lowest BCUT2D eigenvalue weighted by Crippen LogP contribution is -2.00. The third-order valence-corrected chi connectivity index (χ3v) is 10.4. The van der Waals surface area contributed by atoms with E-state index in [1.165, 1.54) is 116 Å². The first-order chi connectivity index (χ1) is 23.7. The topological polar surface area (TPSA) is 0 Å². The summed E-state index contributed by atoms with van der Waals surface area (Å²) in [7, 11) is 0. The van der Waals surface area contributed by atoms with Gasteiger partial charge in [-0.1, -0.05) is 150 Å². The maximum atomic E-state index is 2.36. The number of rotatable bonds is 4. The molecular formula is C49H42. The van der Waals surface area contributed by atoms with Gasteiger partial charge in [-0.25, -0.2) is 0 Å². The molecule has 0 bridgehead atoms. The minimum absolute atomic E-state index is 1.24. The van der Waals surface area contributed by atoms with Gasteiger partial charge < -0.3 is 0 Å². The van der Waals surface area contributed by atoms with E-state index in [0.29, 0.717) is 0 Å². The molecule has 0 aromatic heterocycles. The van der Waals surface area contributed by atoms with E-state index in [0.717, 1.165) is 0 Å². The molecule has 0 unspecified atom stereocenters. The van der Waals surface area contributed by atoms with E-state index in [4.69, 9.17) is 0 Å². The number of benzene rings is 8. The second kappa shape index (κ2) is 11.9. The van der Waals surface area contributed by atoms with Gasteiger partial charge in [0.05, 0.1) is 0 Å². The fourth-order valence-electron chi connectivity index (χ4n) is 8.37. The molecule has 0 atom stereocenters. The zero-order valence-corrected chi connectivity index (χ0v) is 29.6. The quantitative estimate of drug-likeness (QED) is 0.170. The molecule has 0 heterocycles. The molecular weight excluding hydrogens is 589 g/mol.